The van der Waals surface area contributed by atoms with Gasteiger partial charge in [0.05, 0.1) is 0 Å². The van der Waals surface area contributed by atoms with E-state index in [0.717, 1.165) is 12.2 Å². The summed E-state index contributed by atoms with van der Waals surface area (Å²) in [6.07, 6.45) is 16.7. The molecule has 18 heavy (non-hydrogen) atoms. The maximum Gasteiger partial charge on any atom is 0.120 e. The van der Waals surface area contributed by atoms with Crippen LogP contribution < -0.4 is 0 Å². The van der Waals surface area contributed by atoms with E-state index in [1.807, 2.05) is 10.8 Å². The standard InChI is InChI=1S/C15H28N2O/c1-2-3-4-5-6-7-8-9-10-11-15-16-12-13-17(15)14-18/h12-13,18H,2-11,14H2,1H3. The second-order valence-electron chi connectivity index (χ2n) is 5.03. The van der Waals surface area contributed by atoms with Crippen molar-refractivity contribution in [3.63, 3.8) is 0 Å². The Morgan fingerprint density at radius 3 is 2.22 bits per heavy atom. The smallest absolute Gasteiger partial charge is 0.120 e. The van der Waals surface area contributed by atoms with E-state index in [-0.39, 0.29) is 6.73 Å². The molecule has 0 unspecified atom stereocenters. The fraction of sp³-hybridized carbons (Fsp3) is 0.800. The molecule has 0 amide bonds. The minimum atomic E-state index is 0.0484. The predicted molar refractivity (Wildman–Crippen MR) is 75.4 cm³/mol. The summed E-state index contributed by atoms with van der Waals surface area (Å²) in [7, 11) is 0. The maximum absolute atomic E-state index is 9.07. The lowest BCUT2D eigenvalue weighted by Gasteiger charge is -2.04. The second-order valence-corrected chi connectivity index (χ2v) is 5.03. The Labute approximate surface area is 111 Å². The van der Waals surface area contributed by atoms with E-state index in [0.29, 0.717) is 0 Å². The fourth-order valence-corrected chi connectivity index (χ4v) is 2.29. The third kappa shape index (κ3) is 6.20. The average Bonchev–Trinajstić information content (AvgIpc) is 2.84. The zero-order chi connectivity index (χ0) is 13.1. The van der Waals surface area contributed by atoms with Gasteiger partial charge in [0.15, 0.2) is 0 Å². The first kappa shape index (κ1) is 15.2. The molecule has 0 aliphatic carbocycles. The molecule has 0 saturated carbocycles. The summed E-state index contributed by atoms with van der Waals surface area (Å²) < 4.78 is 1.81. The van der Waals surface area contributed by atoms with Gasteiger partial charge in [-0.1, -0.05) is 58.3 Å². The quantitative estimate of drug-likeness (QED) is 0.606. The Morgan fingerprint density at radius 1 is 1.00 bits per heavy atom. The number of rotatable bonds is 11. The number of imidazole rings is 1. The van der Waals surface area contributed by atoms with Crippen LogP contribution in [0.15, 0.2) is 12.4 Å². The van der Waals surface area contributed by atoms with Crippen LogP contribution in [-0.2, 0) is 13.2 Å². The summed E-state index contributed by atoms with van der Waals surface area (Å²) in [6, 6.07) is 0. The summed E-state index contributed by atoms with van der Waals surface area (Å²) in [5.74, 6) is 1.01. The molecular formula is C15H28N2O. The molecule has 0 bridgehead atoms. The summed E-state index contributed by atoms with van der Waals surface area (Å²) >= 11 is 0. The summed E-state index contributed by atoms with van der Waals surface area (Å²) in [5, 5.41) is 9.07. The van der Waals surface area contributed by atoms with Crippen LogP contribution in [0.1, 0.15) is 70.5 Å². The van der Waals surface area contributed by atoms with E-state index >= 15 is 0 Å². The van der Waals surface area contributed by atoms with Crippen LogP contribution in [0.3, 0.4) is 0 Å². The lowest BCUT2D eigenvalue weighted by atomic mass is 10.1. The van der Waals surface area contributed by atoms with Gasteiger partial charge in [-0.15, -0.1) is 0 Å². The molecule has 0 aliphatic heterocycles. The van der Waals surface area contributed by atoms with Gasteiger partial charge in [0.2, 0.25) is 0 Å². The van der Waals surface area contributed by atoms with Gasteiger partial charge in [0, 0.05) is 18.8 Å². The molecule has 104 valence electrons. The van der Waals surface area contributed by atoms with E-state index < -0.39 is 0 Å². The highest BCUT2D eigenvalue weighted by Gasteiger charge is 2.00. The normalized spacial score (nSPS) is 11.0. The summed E-state index contributed by atoms with van der Waals surface area (Å²) in [5.41, 5.74) is 0. The second kappa shape index (κ2) is 10.1. The third-order valence-corrected chi connectivity index (χ3v) is 3.46. The van der Waals surface area contributed by atoms with Gasteiger partial charge in [-0.2, -0.15) is 0 Å². The number of aromatic nitrogens is 2. The van der Waals surface area contributed by atoms with Crippen molar-refractivity contribution >= 4 is 0 Å². The molecule has 3 heteroatoms. The van der Waals surface area contributed by atoms with E-state index in [1.54, 1.807) is 6.20 Å². The van der Waals surface area contributed by atoms with Gasteiger partial charge in [0.1, 0.15) is 12.6 Å². The van der Waals surface area contributed by atoms with Crippen LogP contribution in [-0.4, -0.2) is 14.7 Å². The Balaban J connectivity index is 1.92. The van der Waals surface area contributed by atoms with E-state index in [1.165, 1.54) is 57.8 Å². The highest BCUT2D eigenvalue weighted by atomic mass is 16.3. The first-order chi connectivity index (χ1) is 8.88. The monoisotopic (exact) mass is 252 g/mol. The third-order valence-electron chi connectivity index (χ3n) is 3.46. The van der Waals surface area contributed by atoms with Crippen LogP contribution >= 0.6 is 0 Å². The topological polar surface area (TPSA) is 38.0 Å². The molecule has 0 spiro atoms. The van der Waals surface area contributed by atoms with E-state index in [4.69, 9.17) is 5.11 Å². The van der Waals surface area contributed by atoms with Gasteiger partial charge in [-0.05, 0) is 6.42 Å². The number of aliphatic hydroxyl groups excluding tert-OH is 1. The number of aliphatic hydroxyl groups is 1. The van der Waals surface area contributed by atoms with Crippen LogP contribution in [0.4, 0.5) is 0 Å². The molecule has 0 saturated heterocycles. The zero-order valence-electron chi connectivity index (χ0n) is 11.8. The lowest BCUT2D eigenvalue weighted by molar-refractivity contribution is 0.206. The first-order valence-corrected chi connectivity index (χ1v) is 7.49. The van der Waals surface area contributed by atoms with Crippen LogP contribution in [0.5, 0.6) is 0 Å². The number of hydrogen-bond donors (Lipinski definition) is 1. The van der Waals surface area contributed by atoms with Crippen LogP contribution in [0, 0.1) is 0 Å². The number of unbranched alkanes of at least 4 members (excludes halogenated alkanes) is 8. The van der Waals surface area contributed by atoms with Crippen LogP contribution in [0.2, 0.25) is 0 Å². The molecule has 1 aromatic rings. The fourth-order valence-electron chi connectivity index (χ4n) is 2.29. The average molecular weight is 252 g/mol. The Kier molecular flexibility index (Phi) is 8.57. The maximum atomic E-state index is 9.07. The van der Waals surface area contributed by atoms with Gasteiger partial charge in [0.25, 0.3) is 0 Å². The number of hydrogen-bond acceptors (Lipinski definition) is 2. The molecule has 1 heterocycles. The molecule has 0 atom stereocenters. The Bertz CT molecular complexity index is 296. The molecular weight excluding hydrogens is 224 g/mol. The van der Waals surface area contributed by atoms with Crippen molar-refractivity contribution in [2.45, 2.75) is 77.9 Å². The van der Waals surface area contributed by atoms with Crippen molar-refractivity contribution in [3.8, 4) is 0 Å². The van der Waals surface area contributed by atoms with Crippen molar-refractivity contribution in [2.75, 3.05) is 0 Å². The largest absolute Gasteiger partial charge is 0.376 e. The minimum absolute atomic E-state index is 0.0484. The highest BCUT2D eigenvalue weighted by Crippen LogP contribution is 2.11. The molecule has 1 rings (SSSR count). The SMILES string of the molecule is CCCCCCCCCCCc1nccn1CO. The van der Waals surface area contributed by atoms with Crippen molar-refractivity contribution in [1.29, 1.82) is 0 Å². The van der Waals surface area contributed by atoms with Crippen LogP contribution in [0.25, 0.3) is 0 Å². The van der Waals surface area contributed by atoms with Crippen molar-refractivity contribution in [1.82, 2.24) is 9.55 Å². The lowest BCUT2D eigenvalue weighted by Crippen LogP contribution is -2.02. The minimum Gasteiger partial charge on any atom is -0.376 e. The number of aryl methyl sites for hydroxylation is 1. The first-order valence-electron chi connectivity index (χ1n) is 7.49. The van der Waals surface area contributed by atoms with Gasteiger partial charge < -0.3 is 9.67 Å². The van der Waals surface area contributed by atoms with Crippen molar-refractivity contribution < 1.29 is 5.11 Å². The molecule has 0 aromatic carbocycles. The molecule has 0 radical (unpaired) electrons. The summed E-state index contributed by atoms with van der Waals surface area (Å²) in [6.45, 7) is 2.31. The molecule has 0 fully saturated rings. The van der Waals surface area contributed by atoms with Crippen molar-refractivity contribution in [2.24, 2.45) is 0 Å². The highest BCUT2D eigenvalue weighted by molar-refractivity contribution is 4.91. The van der Waals surface area contributed by atoms with Gasteiger partial charge in [-0.25, -0.2) is 4.98 Å². The summed E-state index contributed by atoms with van der Waals surface area (Å²) in [4.78, 5) is 4.26. The van der Waals surface area contributed by atoms with E-state index in [2.05, 4.69) is 11.9 Å². The molecule has 1 aromatic heterocycles. The van der Waals surface area contributed by atoms with E-state index in [9.17, 15) is 0 Å². The zero-order valence-corrected chi connectivity index (χ0v) is 11.8. The van der Waals surface area contributed by atoms with Gasteiger partial charge >= 0.3 is 0 Å². The molecule has 0 aliphatic rings. The van der Waals surface area contributed by atoms with Gasteiger partial charge in [-0.3, -0.25) is 0 Å². The molecule has 3 nitrogen and oxygen atoms in total. The molecule has 1 N–H and O–H groups in total. The Hall–Kier alpha value is -0.830. The predicted octanol–water partition coefficient (Wildman–Crippen LogP) is 3.91. The Morgan fingerprint density at radius 2 is 1.61 bits per heavy atom. The number of nitrogens with zero attached hydrogens (tertiary/aromatic N) is 2. The van der Waals surface area contributed by atoms with Crippen molar-refractivity contribution in [3.05, 3.63) is 18.2 Å².